The maximum atomic E-state index is 13.2. The van der Waals surface area contributed by atoms with E-state index in [4.69, 9.17) is 16.3 Å². The van der Waals surface area contributed by atoms with E-state index in [1.807, 2.05) is 38.7 Å². The molecule has 4 amide bonds. The third-order valence-corrected chi connectivity index (χ3v) is 6.57. The minimum atomic E-state index is -0.719. The summed E-state index contributed by atoms with van der Waals surface area (Å²) in [5, 5.41) is 6.36. The van der Waals surface area contributed by atoms with Crippen LogP contribution in [0, 0.1) is 0 Å². The number of piperazine rings is 1. The van der Waals surface area contributed by atoms with Crippen LogP contribution in [0.2, 0.25) is 5.02 Å². The molecule has 0 aromatic heterocycles. The van der Waals surface area contributed by atoms with E-state index < -0.39 is 12.0 Å². The molecule has 0 bridgehead atoms. The van der Waals surface area contributed by atoms with Crippen LogP contribution in [0.25, 0.3) is 0 Å². The van der Waals surface area contributed by atoms with Gasteiger partial charge in [-0.2, -0.15) is 0 Å². The quantitative estimate of drug-likeness (QED) is 0.554. The molecule has 2 atom stereocenters. The predicted octanol–water partition coefficient (Wildman–Crippen LogP) is 3.37. The van der Waals surface area contributed by atoms with E-state index in [0.717, 1.165) is 0 Å². The van der Waals surface area contributed by atoms with Gasteiger partial charge in [-0.15, -0.1) is 0 Å². The molecule has 9 nitrogen and oxygen atoms in total. The maximum absolute atomic E-state index is 13.2. The van der Waals surface area contributed by atoms with Crippen molar-refractivity contribution in [3.63, 3.8) is 0 Å². The second-order valence-corrected chi connectivity index (χ2v) is 9.52. The zero-order chi connectivity index (χ0) is 25.7. The van der Waals surface area contributed by atoms with Gasteiger partial charge in [0.2, 0.25) is 0 Å². The molecule has 1 saturated heterocycles. The fraction of sp³-hybridized carbons (Fsp3) is 0.560. The highest BCUT2D eigenvalue weighted by atomic mass is 35.5. The van der Waals surface area contributed by atoms with Gasteiger partial charge < -0.3 is 20.3 Å². The molecule has 0 unspecified atom stereocenters. The number of hydrogen-bond acceptors (Lipinski definition) is 5. The molecule has 2 N–H and O–H groups in total. The zero-order valence-corrected chi connectivity index (χ0v) is 21.9. The number of nitrogens with zero attached hydrogens (tertiary/aromatic N) is 3. The van der Waals surface area contributed by atoms with Gasteiger partial charge in [0.25, 0.3) is 0 Å². The Balaban J connectivity index is 1.95. The Hall–Kier alpha value is -2.78. The number of urea groups is 2. The molecule has 35 heavy (non-hydrogen) atoms. The Morgan fingerprint density at radius 2 is 1.94 bits per heavy atom. The first kappa shape index (κ1) is 26.8. The van der Waals surface area contributed by atoms with Gasteiger partial charge in [0.15, 0.2) is 0 Å². The number of carbonyl (C=O) groups excluding carboxylic acids is 3. The summed E-state index contributed by atoms with van der Waals surface area (Å²) in [6, 6.07) is 6.12. The van der Waals surface area contributed by atoms with Gasteiger partial charge in [-0.3, -0.25) is 9.80 Å². The third kappa shape index (κ3) is 6.08. The SMILES string of the molecule is CCOC(=O)C1=C(CN2CCN(C(=O)NC(C)C)[C@@H](C)C2)N(CC)C(=O)N[C@@H]1c1ccccc1Cl. The Morgan fingerprint density at radius 3 is 2.54 bits per heavy atom. The normalized spacial score (nSPS) is 21.3. The van der Waals surface area contributed by atoms with E-state index in [1.165, 1.54) is 0 Å². The molecule has 2 heterocycles. The first-order valence-electron chi connectivity index (χ1n) is 12.2. The number of likely N-dealkylation sites (N-methyl/N-ethyl adjacent to an activating group) is 1. The van der Waals surface area contributed by atoms with Crippen molar-refractivity contribution >= 4 is 29.6 Å². The average Bonchev–Trinajstić information content (AvgIpc) is 2.79. The van der Waals surface area contributed by atoms with E-state index in [0.29, 0.717) is 54.6 Å². The largest absolute Gasteiger partial charge is 0.463 e. The van der Waals surface area contributed by atoms with Gasteiger partial charge in [0.1, 0.15) is 0 Å². The van der Waals surface area contributed by atoms with Gasteiger partial charge in [0.05, 0.1) is 18.2 Å². The molecule has 192 valence electrons. The van der Waals surface area contributed by atoms with Crippen molar-refractivity contribution in [2.24, 2.45) is 0 Å². The summed E-state index contributed by atoms with van der Waals surface area (Å²) in [7, 11) is 0. The topological polar surface area (TPSA) is 94.2 Å². The number of carbonyl (C=O) groups is 3. The van der Waals surface area contributed by atoms with Crippen molar-refractivity contribution in [3.05, 3.63) is 46.1 Å². The number of halogens is 1. The lowest BCUT2D eigenvalue weighted by molar-refractivity contribution is -0.139. The minimum absolute atomic E-state index is 0.0269. The molecule has 0 aliphatic carbocycles. The highest BCUT2D eigenvalue weighted by molar-refractivity contribution is 6.31. The molecule has 0 spiro atoms. The summed E-state index contributed by atoms with van der Waals surface area (Å²) in [6.45, 7) is 12.3. The first-order valence-corrected chi connectivity index (χ1v) is 12.6. The number of hydrogen-bond donors (Lipinski definition) is 2. The summed E-state index contributed by atoms with van der Waals surface area (Å²) in [6.07, 6.45) is 0. The minimum Gasteiger partial charge on any atom is -0.463 e. The molecule has 2 aliphatic heterocycles. The molecule has 0 radical (unpaired) electrons. The standard InChI is InChI=1S/C25H36ClN5O4/c1-6-30-20(15-29-12-13-31(17(5)14-29)24(33)27-16(3)4)21(23(32)35-7-2)22(28-25(30)34)18-10-8-9-11-19(18)26/h8-11,16-17,22H,6-7,12-15H2,1-5H3,(H,27,33)(H,28,34)/t17-,22+/m0/s1. The van der Waals surface area contributed by atoms with E-state index in [1.54, 1.807) is 30.0 Å². The van der Waals surface area contributed by atoms with Crippen molar-refractivity contribution in [1.29, 1.82) is 0 Å². The van der Waals surface area contributed by atoms with Gasteiger partial charge in [-0.1, -0.05) is 29.8 Å². The molecule has 0 saturated carbocycles. The van der Waals surface area contributed by atoms with E-state index >= 15 is 0 Å². The van der Waals surface area contributed by atoms with Crippen LogP contribution in [0.3, 0.4) is 0 Å². The van der Waals surface area contributed by atoms with Crippen LogP contribution >= 0.6 is 11.6 Å². The fourth-order valence-corrected chi connectivity index (χ4v) is 4.86. The number of rotatable bonds is 7. The highest BCUT2D eigenvalue weighted by Crippen LogP contribution is 2.35. The van der Waals surface area contributed by atoms with Crippen molar-refractivity contribution in [2.45, 2.75) is 52.7 Å². The van der Waals surface area contributed by atoms with Gasteiger partial charge in [0, 0.05) is 55.5 Å². The Labute approximate surface area is 212 Å². The fourth-order valence-electron chi connectivity index (χ4n) is 4.62. The summed E-state index contributed by atoms with van der Waals surface area (Å²) in [4.78, 5) is 44.5. The summed E-state index contributed by atoms with van der Waals surface area (Å²) < 4.78 is 5.43. The van der Waals surface area contributed by atoms with Gasteiger partial charge in [-0.25, -0.2) is 14.4 Å². The van der Waals surface area contributed by atoms with Crippen LogP contribution in [0.15, 0.2) is 35.5 Å². The molecule has 1 fully saturated rings. The van der Waals surface area contributed by atoms with Gasteiger partial charge >= 0.3 is 18.0 Å². The summed E-state index contributed by atoms with van der Waals surface area (Å²) in [5.74, 6) is -0.478. The first-order chi connectivity index (χ1) is 16.7. The predicted molar refractivity (Wildman–Crippen MR) is 135 cm³/mol. The molecular formula is C25H36ClN5O4. The number of esters is 1. The Kier molecular flexibility index (Phi) is 9.02. The molecule has 1 aromatic rings. The average molecular weight is 506 g/mol. The van der Waals surface area contributed by atoms with Crippen LogP contribution in [0.1, 0.15) is 46.2 Å². The van der Waals surface area contributed by atoms with Crippen LogP contribution in [-0.4, -0.2) is 84.1 Å². The Bertz CT molecular complexity index is 982. The number of benzene rings is 1. The third-order valence-electron chi connectivity index (χ3n) is 6.22. The number of amides is 4. The van der Waals surface area contributed by atoms with Crippen LogP contribution in [0.5, 0.6) is 0 Å². The van der Waals surface area contributed by atoms with E-state index in [2.05, 4.69) is 15.5 Å². The lowest BCUT2D eigenvalue weighted by atomic mass is 9.94. The molecular weight excluding hydrogens is 470 g/mol. The Morgan fingerprint density at radius 1 is 1.23 bits per heavy atom. The highest BCUT2D eigenvalue weighted by Gasteiger charge is 2.39. The monoisotopic (exact) mass is 505 g/mol. The summed E-state index contributed by atoms with van der Waals surface area (Å²) in [5.41, 5.74) is 1.63. The van der Waals surface area contributed by atoms with Crippen molar-refractivity contribution < 1.29 is 19.1 Å². The van der Waals surface area contributed by atoms with Gasteiger partial charge in [-0.05, 0) is 46.2 Å². The molecule has 10 heteroatoms. The molecule has 1 aromatic carbocycles. The van der Waals surface area contributed by atoms with Crippen molar-refractivity contribution in [3.8, 4) is 0 Å². The molecule has 3 rings (SSSR count). The molecule has 2 aliphatic rings. The van der Waals surface area contributed by atoms with Crippen LogP contribution in [0.4, 0.5) is 9.59 Å². The van der Waals surface area contributed by atoms with Crippen molar-refractivity contribution in [2.75, 3.05) is 39.3 Å². The van der Waals surface area contributed by atoms with Crippen LogP contribution in [-0.2, 0) is 9.53 Å². The maximum Gasteiger partial charge on any atom is 0.338 e. The van der Waals surface area contributed by atoms with Crippen LogP contribution < -0.4 is 10.6 Å². The lowest BCUT2D eigenvalue weighted by Gasteiger charge is -2.43. The zero-order valence-electron chi connectivity index (χ0n) is 21.1. The second-order valence-electron chi connectivity index (χ2n) is 9.11. The number of ether oxygens (including phenoxy) is 1. The summed E-state index contributed by atoms with van der Waals surface area (Å²) >= 11 is 6.47. The van der Waals surface area contributed by atoms with E-state index in [9.17, 15) is 14.4 Å². The lowest BCUT2D eigenvalue weighted by Crippen LogP contribution is -2.58. The van der Waals surface area contributed by atoms with Crippen molar-refractivity contribution in [1.82, 2.24) is 25.3 Å². The number of nitrogens with one attached hydrogen (secondary N) is 2. The van der Waals surface area contributed by atoms with E-state index in [-0.39, 0.29) is 30.8 Å². The second kappa shape index (κ2) is 11.8. The smallest absolute Gasteiger partial charge is 0.338 e.